The number of hydrogen-bond donors (Lipinski definition) is 0. The molecule has 0 aliphatic carbocycles. The monoisotopic (exact) mass is 297 g/mol. The van der Waals surface area contributed by atoms with E-state index >= 15 is 0 Å². The largest absolute Gasteiger partial charge is 0.367 e. The molecule has 0 aromatic heterocycles. The van der Waals surface area contributed by atoms with Gasteiger partial charge in [-0.2, -0.15) is 0 Å². The molecule has 116 valence electrons. The molecule has 0 unspecified atom stereocenters. The molecule has 2 aromatic rings. The van der Waals surface area contributed by atoms with Crippen LogP contribution in [0.25, 0.3) is 0 Å². The fraction of sp³-hybridized carbons (Fsp3) is 0.474. The van der Waals surface area contributed by atoms with Gasteiger partial charge < -0.3 is 4.90 Å². The fourth-order valence-corrected chi connectivity index (χ4v) is 3.47. The van der Waals surface area contributed by atoms with Gasteiger partial charge in [0.15, 0.2) is 0 Å². The minimum atomic E-state index is -0.309. The van der Waals surface area contributed by atoms with Crippen molar-refractivity contribution in [1.29, 1.82) is 0 Å². The molecule has 0 N–H and O–H groups in total. The fourth-order valence-electron chi connectivity index (χ4n) is 3.47. The second kappa shape index (κ2) is 5.71. The summed E-state index contributed by atoms with van der Waals surface area (Å²) in [5.74, 6) is 0.659. The highest BCUT2D eigenvalue weighted by molar-refractivity contribution is 5.58. The summed E-state index contributed by atoms with van der Waals surface area (Å²) in [4.78, 5) is 25.3. The van der Waals surface area contributed by atoms with Crippen LogP contribution in [0.15, 0.2) is 27.8 Å². The van der Waals surface area contributed by atoms with E-state index in [1.54, 1.807) is 6.92 Å². The van der Waals surface area contributed by atoms with E-state index < -0.39 is 0 Å². The lowest BCUT2D eigenvalue weighted by Crippen LogP contribution is -2.43. The third kappa shape index (κ3) is 2.60. The SMILES string of the molecule is Cc1c(N2CCc3ccc(CC(C)C)cc3CC2)c(=O)c1=O. The number of hydrogen-bond acceptors (Lipinski definition) is 3. The maximum absolute atomic E-state index is 11.8. The molecule has 0 bridgehead atoms. The summed E-state index contributed by atoms with van der Waals surface area (Å²) in [7, 11) is 0. The highest BCUT2D eigenvalue weighted by atomic mass is 16.2. The highest BCUT2D eigenvalue weighted by Crippen LogP contribution is 2.23. The molecular weight excluding hydrogens is 274 g/mol. The topological polar surface area (TPSA) is 37.4 Å². The normalized spacial score (nSPS) is 15.2. The van der Waals surface area contributed by atoms with Crippen molar-refractivity contribution in [3.05, 3.63) is 60.9 Å². The molecule has 0 saturated heterocycles. The Morgan fingerprint density at radius 1 is 1.05 bits per heavy atom. The van der Waals surface area contributed by atoms with Crippen molar-refractivity contribution in [3.63, 3.8) is 0 Å². The Bertz CT molecular complexity index is 766. The van der Waals surface area contributed by atoms with Crippen LogP contribution in [-0.2, 0) is 19.3 Å². The van der Waals surface area contributed by atoms with Crippen molar-refractivity contribution in [3.8, 4) is 0 Å². The molecule has 0 saturated carbocycles. The van der Waals surface area contributed by atoms with Crippen molar-refractivity contribution in [2.45, 2.75) is 40.0 Å². The Kier molecular flexibility index (Phi) is 3.90. The van der Waals surface area contributed by atoms with E-state index in [9.17, 15) is 9.59 Å². The van der Waals surface area contributed by atoms with Crippen molar-refractivity contribution in [2.75, 3.05) is 18.0 Å². The third-order valence-electron chi connectivity index (χ3n) is 4.65. The number of rotatable bonds is 3. The summed E-state index contributed by atoms with van der Waals surface area (Å²) < 4.78 is 0. The molecule has 0 fully saturated rings. The molecule has 3 nitrogen and oxygen atoms in total. The van der Waals surface area contributed by atoms with Crippen LogP contribution in [0.3, 0.4) is 0 Å². The molecule has 1 aliphatic rings. The Hall–Kier alpha value is -1.90. The van der Waals surface area contributed by atoms with Crippen LogP contribution >= 0.6 is 0 Å². The van der Waals surface area contributed by atoms with Gasteiger partial charge in [0.05, 0.1) is 5.69 Å². The zero-order chi connectivity index (χ0) is 15.9. The molecule has 0 amide bonds. The maximum atomic E-state index is 11.8. The first kappa shape index (κ1) is 15.0. The maximum Gasteiger partial charge on any atom is 0.249 e. The van der Waals surface area contributed by atoms with Crippen LogP contribution in [0.1, 0.15) is 36.1 Å². The van der Waals surface area contributed by atoms with E-state index in [1.807, 2.05) is 0 Å². The molecule has 1 aliphatic heterocycles. The molecule has 2 aromatic carbocycles. The molecule has 3 heteroatoms. The predicted molar refractivity (Wildman–Crippen MR) is 90.7 cm³/mol. The van der Waals surface area contributed by atoms with E-state index in [1.165, 1.54) is 16.7 Å². The van der Waals surface area contributed by atoms with Gasteiger partial charge in [-0.25, -0.2) is 0 Å². The molecule has 22 heavy (non-hydrogen) atoms. The van der Waals surface area contributed by atoms with E-state index in [2.05, 4.69) is 36.9 Å². The van der Waals surface area contributed by atoms with Gasteiger partial charge in [0.25, 0.3) is 0 Å². The molecule has 3 rings (SSSR count). The van der Waals surface area contributed by atoms with Crippen LogP contribution in [0, 0.1) is 12.8 Å². The van der Waals surface area contributed by atoms with Gasteiger partial charge >= 0.3 is 0 Å². The van der Waals surface area contributed by atoms with Gasteiger partial charge in [-0.15, -0.1) is 0 Å². The van der Waals surface area contributed by atoms with Crippen molar-refractivity contribution in [2.24, 2.45) is 5.92 Å². The molecular formula is C19H23NO2. The number of fused-ring (bicyclic) bond motifs is 1. The lowest BCUT2D eigenvalue weighted by molar-refractivity contribution is 0.646. The smallest absolute Gasteiger partial charge is 0.249 e. The van der Waals surface area contributed by atoms with E-state index in [4.69, 9.17) is 0 Å². The molecule has 0 atom stereocenters. The zero-order valence-corrected chi connectivity index (χ0v) is 13.6. The van der Waals surface area contributed by atoms with Crippen LogP contribution in [0.4, 0.5) is 5.69 Å². The van der Waals surface area contributed by atoms with Gasteiger partial charge in [-0.1, -0.05) is 32.0 Å². The summed E-state index contributed by atoms with van der Waals surface area (Å²) in [6.45, 7) is 7.88. The van der Waals surface area contributed by atoms with Crippen molar-refractivity contribution >= 4 is 5.69 Å². The number of benzene rings is 1. The van der Waals surface area contributed by atoms with E-state index in [0.29, 0.717) is 17.2 Å². The van der Waals surface area contributed by atoms with Gasteiger partial charge in [0, 0.05) is 18.7 Å². The second-order valence-corrected chi connectivity index (χ2v) is 6.82. The average Bonchev–Trinajstić information content (AvgIpc) is 2.69. The Labute approximate surface area is 131 Å². The first-order valence-corrected chi connectivity index (χ1v) is 8.13. The van der Waals surface area contributed by atoms with E-state index in [0.717, 1.165) is 32.4 Å². The van der Waals surface area contributed by atoms with Crippen LogP contribution < -0.4 is 15.8 Å². The van der Waals surface area contributed by atoms with Crippen molar-refractivity contribution in [1.82, 2.24) is 0 Å². The van der Waals surface area contributed by atoms with Gasteiger partial charge in [0.1, 0.15) is 0 Å². The molecule has 1 heterocycles. The minimum absolute atomic E-state index is 0.302. The lowest BCUT2D eigenvalue weighted by atomic mass is 9.96. The quantitative estimate of drug-likeness (QED) is 0.816. The van der Waals surface area contributed by atoms with E-state index in [-0.39, 0.29) is 10.9 Å². The first-order chi connectivity index (χ1) is 10.5. The second-order valence-electron chi connectivity index (χ2n) is 6.82. The van der Waals surface area contributed by atoms with Gasteiger partial charge in [0.2, 0.25) is 10.9 Å². The highest BCUT2D eigenvalue weighted by Gasteiger charge is 2.24. The standard InChI is InChI=1S/C19H23NO2/c1-12(2)10-14-4-5-15-6-8-20(9-7-16(15)11-14)17-13(3)18(21)19(17)22/h4-5,11-12H,6-10H2,1-3H3. The minimum Gasteiger partial charge on any atom is -0.367 e. The van der Waals surface area contributed by atoms with Gasteiger partial charge in [-0.05, 0) is 48.8 Å². The Morgan fingerprint density at radius 3 is 2.36 bits per heavy atom. The predicted octanol–water partition coefficient (Wildman–Crippen LogP) is 2.39. The number of anilines is 1. The zero-order valence-electron chi connectivity index (χ0n) is 13.6. The number of nitrogens with zero attached hydrogens (tertiary/aromatic N) is 1. The third-order valence-corrected chi connectivity index (χ3v) is 4.65. The van der Waals surface area contributed by atoms with Gasteiger partial charge in [-0.3, -0.25) is 9.59 Å². The van der Waals surface area contributed by atoms with Crippen LogP contribution in [0.2, 0.25) is 0 Å². The summed E-state index contributed by atoms with van der Waals surface area (Å²) in [6, 6.07) is 6.80. The first-order valence-electron chi connectivity index (χ1n) is 8.13. The lowest BCUT2D eigenvalue weighted by Gasteiger charge is -2.24. The Morgan fingerprint density at radius 2 is 1.73 bits per heavy atom. The van der Waals surface area contributed by atoms with Crippen LogP contribution in [0.5, 0.6) is 0 Å². The summed E-state index contributed by atoms with van der Waals surface area (Å²) in [5, 5.41) is 0. The summed E-state index contributed by atoms with van der Waals surface area (Å²) >= 11 is 0. The van der Waals surface area contributed by atoms with Crippen molar-refractivity contribution < 1.29 is 0 Å². The summed E-state index contributed by atoms with van der Waals surface area (Å²) in [6.07, 6.45) is 2.99. The molecule has 0 radical (unpaired) electrons. The Balaban J connectivity index is 1.81. The molecule has 0 spiro atoms. The van der Waals surface area contributed by atoms with Crippen LogP contribution in [-0.4, -0.2) is 13.1 Å². The summed E-state index contributed by atoms with van der Waals surface area (Å²) in [5.41, 5.74) is 4.85. The average molecular weight is 297 g/mol.